The van der Waals surface area contributed by atoms with E-state index < -0.39 is 6.17 Å². The number of hydrogen-bond acceptors (Lipinski definition) is 7. The van der Waals surface area contributed by atoms with Gasteiger partial charge in [-0.05, 0) is 56.7 Å². The first-order valence-electron chi connectivity index (χ1n) is 12.6. The highest BCUT2D eigenvalue weighted by Crippen LogP contribution is 2.40. The number of nitrogens with zero attached hydrogens (tertiary/aromatic N) is 4. The molecule has 5 heterocycles. The molecule has 3 saturated heterocycles. The summed E-state index contributed by atoms with van der Waals surface area (Å²) in [6.07, 6.45) is 8.21. The molecule has 182 valence electrons. The number of carbonyl (C=O) groups is 1. The highest BCUT2D eigenvalue weighted by molar-refractivity contribution is 5.97. The number of likely N-dealkylation sites (tertiary alicyclic amines) is 1. The van der Waals surface area contributed by atoms with E-state index in [0.717, 1.165) is 51.6 Å². The van der Waals surface area contributed by atoms with Gasteiger partial charge in [0.2, 0.25) is 0 Å². The van der Waals surface area contributed by atoms with Crippen LogP contribution in [0.15, 0.2) is 35.0 Å². The molecule has 1 amide bonds. The molecule has 4 fully saturated rings. The number of nitrogens with one attached hydrogen (secondary N) is 1. The molecule has 1 aliphatic carbocycles. The Morgan fingerprint density at radius 3 is 2.71 bits per heavy atom. The molecule has 2 bridgehead atoms. The average molecular weight is 478 g/mol. The van der Waals surface area contributed by atoms with Gasteiger partial charge in [-0.15, -0.1) is 0 Å². The standard InChI is InChI=1S/C26H28FN5O3/c27-25-18-5-2-15(30-18)10-20(25)32(16-3-4-16)24-13-28-19(12-29-24)17-11-22-14(8-21(17)33)9-23(35-22)26(34)31-6-1-7-31/h8-9,11-13,15-16,18,20,25,30,33H,1-7,10H2/t15?,18?,20-,25+/m0/s1. The first-order chi connectivity index (χ1) is 17.0. The van der Waals surface area contributed by atoms with Crippen LogP contribution in [0.3, 0.4) is 0 Å². The number of alkyl halides is 1. The molecule has 2 N–H and O–H groups in total. The van der Waals surface area contributed by atoms with Crippen LogP contribution in [-0.2, 0) is 0 Å². The van der Waals surface area contributed by atoms with Crippen molar-refractivity contribution in [2.45, 2.75) is 68.9 Å². The summed E-state index contributed by atoms with van der Waals surface area (Å²) in [5, 5.41) is 14.8. The van der Waals surface area contributed by atoms with Crippen molar-refractivity contribution in [3.8, 4) is 17.0 Å². The molecule has 0 spiro atoms. The van der Waals surface area contributed by atoms with Gasteiger partial charge in [0.25, 0.3) is 5.91 Å². The summed E-state index contributed by atoms with van der Waals surface area (Å²) in [7, 11) is 0. The minimum atomic E-state index is -0.922. The van der Waals surface area contributed by atoms with E-state index >= 15 is 4.39 Å². The predicted octanol–water partition coefficient (Wildman–Crippen LogP) is 3.64. The van der Waals surface area contributed by atoms with Crippen LogP contribution >= 0.6 is 0 Å². The maximum absolute atomic E-state index is 15.3. The van der Waals surface area contributed by atoms with Crippen LogP contribution < -0.4 is 10.2 Å². The molecule has 4 atom stereocenters. The minimum Gasteiger partial charge on any atom is -0.507 e. The van der Waals surface area contributed by atoms with Crippen LogP contribution in [0.2, 0.25) is 0 Å². The van der Waals surface area contributed by atoms with Crippen molar-refractivity contribution in [3.05, 3.63) is 36.4 Å². The summed E-state index contributed by atoms with van der Waals surface area (Å²) in [6, 6.07) is 5.39. The van der Waals surface area contributed by atoms with Crippen molar-refractivity contribution in [2.75, 3.05) is 18.0 Å². The lowest BCUT2D eigenvalue weighted by Crippen LogP contribution is -2.57. The van der Waals surface area contributed by atoms with Gasteiger partial charge >= 0.3 is 0 Å². The van der Waals surface area contributed by atoms with Crippen molar-refractivity contribution in [1.82, 2.24) is 20.2 Å². The van der Waals surface area contributed by atoms with E-state index in [1.807, 2.05) is 0 Å². The molecule has 8 nitrogen and oxygen atoms in total. The molecule has 35 heavy (non-hydrogen) atoms. The lowest BCUT2D eigenvalue weighted by Gasteiger charge is -2.41. The monoisotopic (exact) mass is 477 g/mol. The second-order valence-electron chi connectivity index (χ2n) is 10.4. The number of piperidine rings is 1. The SMILES string of the molecule is O=C(c1cc2cc(O)c(-c3cnc(N(C4CC4)[C@H]4CC5CCC(N5)[C@H]4F)cn3)cc2o1)N1CCC1. The Morgan fingerprint density at radius 2 is 2.00 bits per heavy atom. The molecule has 0 radical (unpaired) electrons. The number of fused-ring (bicyclic) bond motifs is 3. The Labute approximate surface area is 202 Å². The zero-order chi connectivity index (χ0) is 23.7. The van der Waals surface area contributed by atoms with E-state index in [4.69, 9.17) is 4.42 Å². The van der Waals surface area contributed by atoms with E-state index in [-0.39, 0.29) is 29.5 Å². The Hall–Kier alpha value is -3.20. The number of phenolic OH excluding ortho intramolecular Hbond substituents is 1. The number of furan rings is 1. The number of carbonyl (C=O) groups excluding carboxylic acids is 1. The van der Waals surface area contributed by atoms with Crippen molar-refractivity contribution in [1.29, 1.82) is 0 Å². The summed E-state index contributed by atoms with van der Waals surface area (Å²) in [4.78, 5) is 25.7. The topological polar surface area (TPSA) is 94.7 Å². The Morgan fingerprint density at radius 1 is 1.14 bits per heavy atom. The van der Waals surface area contributed by atoms with E-state index in [9.17, 15) is 9.90 Å². The maximum Gasteiger partial charge on any atom is 0.289 e. The number of amides is 1. The lowest BCUT2D eigenvalue weighted by atomic mass is 9.96. The van der Waals surface area contributed by atoms with Gasteiger partial charge in [-0.3, -0.25) is 9.78 Å². The number of anilines is 1. The number of rotatable bonds is 5. The van der Waals surface area contributed by atoms with Gasteiger partial charge < -0.3 is 24.6 Å². The van der Waals surface area contributed by atoms with Gasteiger partial charge in [0.05, 0.1) is 24.1 Å². The fourth-order valence-electron chi connectivity index (χ4n) is 5.88. The maximum atomic E-state index is 15.3. The average Bonchev–Trinajstić information content (AvgIpc) is 3.43. The van der Waals surface area contributed by atoms with Crippen LogP contribution in [0.1, 0.15) is 49.1 Å². The third-order valence-electron chi connectivity index (χ3n) is 8.02. The third kappa shape index (κ3) is 3.55. The van der Waals surface area contributed by atoms with Gasteiger partial charge in [-0.25, -0.2) is 9.37 Å². The molecule has 1 aromatic carbocycles. The second kappa shape index (κ2) is 7.91. The molecular weight excluding hydrogens is 449 g/mol. The van der Waals surface area contributed by atoms with E-state index in [0.29, 0.717) is 40.1 Å². The molecule has 3 aliphatic heterocycles. The number of hydrogen-bond donors (Lipinski definition) is 2. The Kier molecular flexibility index (Phi) is 4.77. The van der Waals surface area contributed by atoms with Crippen LogP contribution in [0.25, 0.3) is 22.2 Å². The minimum absolute atomic E-state index is 0.0427. The van der Waals surface area contributed by atoms with Crippen LogP contribution in [-0.4, -0.2) is 69.3 Å². The predicted molar refractivity (Wildman–Crippen MR) is 128 cm³/mol. The van der Waals surface area contributed by atoms with Gasteiger partial charge in [-0.1, -0.05) is 0 Å². The van der Waals surface area contributed by atoms with E-state index in [1.54, 1.807) is 35.5 Å². The zero-order valence-electron chi connectivity index (χ0n) is 19.4. The number of aromatic hydroxyl groups is 1. The number of benzene rings is 1. The van der Waals surface area contributed by atoms with Gasteiger partial charge in [0.15, 0.2) is 5.76 Å². The molecule has 1 saturated carbocycles. The first-order valence-corrected chi connectivity index (χ1v) is 12.6. The molecule has 2 unspecified atom stereocenters. The highest BCUT2D eigenvalue weighted by Gasteiger charge is 2.48. The zero-order valence-corrected chi connectivity index (χ0v) is 19.4. The van der Waals surface area contributed by atoms with E-state index in [1.165, 1.54) is 0 Å². The molecule has 7 rings (SSSR count). The number of aromatic nitrogens is 2. The molecule has 9 heteroatoms. The van der Waals surface area contributed by atoms with Gasteiger partial charge in [-0.2, -0.15) is 0 Å². The summed E-state index contributed by atoms with van der Waals surface area (Å²) in [5.41, 5.74) is 1.49. The lowest BCUT2D eigenvalue weighted by molar-refractivity contribution is 0.0621. The molecule has 3 aromatic rings. The molecule has 4 aliphatic rings. The fourth-order valence-corrected chi connectivity index (χ4v) is 5.88. The molecule has 2 aromatic heterocycles. The Balaban J connectivity index is 1.17. The number of phenols is 1. The summed E-state index contributed by atoms with van der Waals surface area (Å²) in [5.74, 6) is 0.872. The number of halogens is 1. The molecular formula is C26H28FN5O3. The van der Waals surface area contributed by atoms with Crippen LogP contribution in [0.5, 0.6) is 5.75 Å². The summed E-state index contributed by atoms with van der Waals surface area (Å²) in [6.45, 7) is 1.49. The Bertz CT molecular complexity index is 1290. The van der Waals surface area contributed by atoms with Crippen molar-refractivity contribution < 1.29 is 18.7 Å². The van der Waals surface area contributed by atoms with Crippen molar-refractivity contribution >= 4 is 22.7 Å². The summed E-state index contributed by atoms with van der Waals surface area (Å²) < 4.78 is 21.1. The summed E-state index contributed by atoms with van der Waals surface area (Å²) >= 11 is 0. The fraction of sp³-hybridized carbons (Fsp3) is 0.500. The van der Waals surface area contributed by atoms with Crippen molar-refractivity contribution in [3.63, 3.8) is 0 Å². The highest BCUT2D eigenvalue weighted by atomic mass is 19.1. The van der Waals surface area contributed by atoms with Crippen LogP contribution in [0, 0.1) is 0 Å². The second-order valence-corrected chi connectivity index (χ2v) is 10.4. The van der Waals surface area contributed by atoms with Gasteiger partial charge in [0, 0.05) is 42.2 Å². The quantitative estimate of drug-likeness (QED) is 0.579. The first kappa shape index (κ1) is 21.1. The normalized spacial score (nSPS) is 27.7. The van der Waals surface area contributed by atoms with E-state index in [2.05, 4.69) is 20.2 Å². The smallest absolute Gasteiger partial charge is 0.289 e. The van der Waals surface area contributed by atoms with Crippen molar-refractivity contribution in [2.24, 2.45) is 0 Å². The van der Waals surface area contributed by atoms with Gasteiger partial charge in [0.1, 0.15) is 23.3 Å². The largest absolute Gasteiger partial charge is 0.507 e. The van der Waals surface area contributed by atoms with Crippen LogP contribution in [0.4, 0.5) is 10.2 Å². The third-order valence-corrected chi connectivity index (χ3v) is 8.02.